The number of anilines is 1. The number of benzene rings is 2. The molecule has 0 radical (unpaired) electrons. The number of carbonyl (C=O) groups is 2. The van der Waals surface area contributed by atoms with Crippen molar-refractivity contribution in [2.24, 2.45) is 5.41 Å². The van der Waals surface area contributed by atoms with Crippen LogP contribution in [0, 0.1) is 19.3 Å². The molecule has 38 heavy (non-hydrogen) atoms. The first-order chi connectivity index (χ1) is 17.7. The summed E-state index contributed by atoms with van der Waals surface area (Å²) in [5.74, 6) is -1.18. The molecule has 10 heteroatoms. The molecule has 0 spiro atoms. The fourth-order valence-corrected chi connectivity index (χ4v) is 4.07. The number of halogens is 3. The summed E-state index contributed by atoms with van der Waals surface area (Å²) < 4.78 is 43.1. The molecule has 0 saturated heterocycles. The van der Waals surface area contributed by atoms with E-state index < -0.39 is 28.6 Å². The van der Waals surface area contributed by atoms with Gasteiger partial charge in [-0.1, -0.05) is 32.9 Å². The van der Waals surface area contributed by atoms with E-state index >= 15 is 0 Å². The number of rotatable bonds is 5. The second kappa shape index (κ2) is 9.92. The number of amides is 2. The third-order valence-corrected chi connectivity index (χ3v) is 5.94. The molecule has 0 bridgehead atoms. The Kier molecular flexibility index (Phi) is 7.01. The lowest BCUT2D eigenvalue weighted by Crippen LogP contribution is -2.34. The number of aromatic nitrogens is 3. The number of carbonyl (C=O) groups excluding carboxylic acids is 2. The number of pyridine rings is 1. The quantitative estimate of drug-likeness (QED) is 0.337. The molecule has 0 fully saturated rings. The number of hydrogen-bond donors (Lipinski definition) is 2. The molecule has 198 valence electrons. The van der Waals surface area contributed by atoms with Crippen LogP contribution in [0.3, 0.4) is 0 Å². The summed E-state index contributed by atoms with van der Waals surface area (Å²) in [4.78, 5) is 29.8. The van der Waals surface area contributed by atoms with E-state index in [4.69, 9.17) is 0 Å². The predicted molar refractivity (Wildman–Crippen MR) is 139 cm³/mol. The van der Waals surface area contributed by atoms with Gasteiger partial charge in [0.05, 0.1) is 34.2 Å². The molecule has 0 atom stereocenters. The van der Waals surface area contributed by atoms with E-state index in [9.17, 15) is 22.8 Å². The predicted octanol–water partition coefficient (Wildman–Crippen LogP) is 5.97. The number of hydrogen-bond acceptors (Lipinski definition) is 4. The van der Waals surface area contributed by atoms with Gasteiger partial charge in [-0.25, -0.2) is 4.68 Å². The number of aryl methyl sites for hydroxylation is 2. The van der Waals surface area contributed by atoms with Crippen molar-refractivity contribution in [3.8, 4) is 5.69 Å². The molecule has 2 aromatic carbocycles. The van der Waals surface area contributed by atoms with E-state index in [1.165, 1.54) is 6.07 Å². The lowest BCUT2D eigenvalue weighted by Gasteiger charge is -2.19. The van der Waals surface area contributed by atoms with Gasteiger partial charge in [-0.15, -0.1) is 0 Å². The van der Waals surface area contributed by atoms with Crippen molar-refractivity contribution in [3.05, 3.63) is 82.8 Å². The first-order valence-corrected chi connectivity index (χ1v) is 12.0. The molecule has 2 heterocycles. The first-order valence-electron chi connectivity index (χ1n) is 12.0. The van der Waals surface area contributed by atoms with Gasteiger partial charge in [-0.3, -0.25) is 14.6 Å². The van der Waals surface area contributed by atoms with Crippen LogP contribution in [-0.2, 0) is 17.5 Å². The molecule has 0 aliphatic rings. The minimum Gasteiger partial charge on any atom is -0.352 e. The number of alkyl halides is 3. The SMILES string of the molecule is Cc1cc(-n2ncc3c(NC(=O)c4cc(CNC(=O)C(C)(C)C)ccc4C(F)(F)F)cccc32)cc(C)n1. The van der Waals surface area contributed by atoms with Crippen molar-refractivity contribution in [1.82, 2.24) is 20.1 Å². The Bertz CT molecular complexity index is 1510. The highest BCUT2D eigenvalue weighted by molar-refractivity contribution is 6.09. The summed E-state index contributed by atoms with van der Waals surface area (Å²) >= 11 is 0. The van der Waals surface area contributed by atoms with Crippen LogP contribution in [0.2, 0.25) is 0 Å². The Morgan fingerprint density at radius 1 is 0.974 bits per heavy atom. The highest BCUT2D eigenvalue weighted by Gasteiger charge is 2.35. The maximum absolute atomic E-state index is 13.8. The standard InChI is InChI=1S/C28H28F3N5O2/c1-16-11-19(12-17(2)34-16)36-24-8-6-7-23(21(24)15-33-36)35-25(37)20-13-18(9-10-22(20)28(29,30)31)14-32-26(38)27(3,4)5/h6-13,15H,14H2,1-5H3,(H,32,38)(H,35,37). The summed E-state index contributed by atoms with van der Waals surface area (Å²) in [5, 5.41) is 10.3. The van der Waals surface area contributed by atoms with Gasteiger partial charge >= 0.3 is 6.18 Å². The third-order valence-electron chi connectivity index (χ3n) is 5.94. The van der Waals surface area contributed by atoms with Gasteiger partial charge in [-0.05, 0) is 55.8 Å². The zero-order valence-electron chi connectivity index (χ0n) is 21.7. The second-order valence-corrected chi connectivity index (χ2v) is 10.2. The van der Waals surface area contributed by atoms with Crippen molar-refractivity contribution in [2.45, 2.75) is 47.3 Å². The van der Waals surface area contributed by atoms with Crippen LogP contribution < -0.4 is 10.6 Å². The highest BCUT2D eigenvalue weighted by Crippen LogP contribution is 2.34. The smallest absolute Gasteiger partial charge is 0.352 e. The molecule has 0 unspecified atom stereocenters. The fraction of sp³-hybridized carbons (Fsp3) is 0.286. The largest absolute Gasteiger partial charge is 0.417 e. The molecular formula is C28H28F3N5O2. The third kappa shape index (κ3) is 5.69. The minimum atomic E-state index is -4.74. The molecule has 0 saturated carbocycles. The van der Waals surface area contributed by atoms with E-state index in [2.05, 4.69) is 20.7 Å². The highest BCUT2D eigenvalue weighted by atomic mass is 19.4. The molecule has 7 nitrogen and oxygen atoms in total. The Morgan fingerprint density at radius 2 is 1.66 bits per heavy atom. The molecule has 2 amide bonds. The van der Waals surface area contributed by atoms with Crippen molar-refractivity contribution in [1.29, 1.82) is 0 Å². The molecule has 2 N–H and O–H groups in total. The van der Waals surface area contributed by atoms with Crippen molar-refractivity contribution < 1.29 is 22.8 Å². The summed E-state index contributed by atoms with van der Waals surface area (Å²) in [6.45, 7) is 8.92. The lowest BCUT2D eigenvalue weighted by molar-refractivity contribution is -0.138. The van der Waals surface area contributed by atoms with Crippen LogP contribution in [0.1, 0.15) is 53.6 Å². The molecule has 2 aromatic heterocycles. The Balaban J connectivity index is 1.67. The second-order valence-electron chi connectivity index (χ2n) is 10.2. The van der Waals surface area contributed by atoms with Gasteiger partial charge < -0.3 is 10.6 Å². The molecular weight excluding hydrogens is 495 g/mol. The normalized spacial score (nSPS) is 12.0. The van der Waals surface area contributed by atoms with Crippen LogP contribution in [0.15, 0.2) is 54.7 Å². The van der Waals surface area contributed by atoms with Crippen LogP contribution in [0.4, 0.5) is 18.9 Å². The molecule has 4 aromatic rings. The maximum Gasteiger partial charge on any atom is 0.417 e. The van der Waals surface area contributed by atoms with Crippen LogP contribution in [0.25, 0.3) is 16.6 Å². The Labute approximate surface area is 218 Å². The first kappa shape index (κ1) is 26.8. The fourth-order valence-electron chi connectivity index (χ4n) is 4.07. The van der Waals surface area contributed by atoms with E-state index in [0.717, 1.165) is 29.2 Å². The molecule has 4 rings (SSSR count). The average molecular weight is 524 g/mol. The minimum absolute atomic E-state index is 0.0123. The van der Waals surface area contributed by atoms with E-state index in [0.29, 0.717) is 22.2 Å². The van der Waals surface area contributed by atoms with Crippen LogP contribution in [0.5, 0.6) is 0 Å². The summed E-state index contributed by atoms with van der Waals surface area (Å²) in [7, 11) is 0. The Hall–Kier alpha value is -4.21. The monoisotopic (exact) mass is 523 g/mol. The van der Waals surface area contributed by atoms with Crippen LogP contribution >= 0.6 is 0 Å². The summed E-state index contributed by atoms with van der Waals surface area (Å²) in [6.07, 6.45) is -3.19. The van der Waals surface area contributed by atoms with Gasteiger partial charge in [0.15, 0.2) is 0 Å². The van der Waals surface area contributed by atoms with E-state index in [-0.39, 0.29) is 12.5 Å². The summed E-state index contributed by atoms with van der Waals surface area (Å²) in [5.41, 5.74) is 1.49. The number of fused-ring (bicyclic) bond motifs is 1. The van der Waals surface area contributed by atoms with E-state index in [1.807, 2.05) is 32.0 Å². The number of nitrogens with zero attached hydrogens (tertiary/aromatic N) is 3. The van der Waals surface area contributed by atoms with Gasteiger partial charge in [0, 0.05) is 28.7 Å². The summed E-state index contributed by atoms with van der Waals surface area (Å²) in [6, 6.07) is 12.1. The van der Waals surface area contributed by atoms with Gasteiger partial charge in [0.2, 0.25) is 5.91 Å². The van der Waals surface area contributed by atoms with Gasteiger partial charge in [0.1, 0.15) is 0 Å². The maximum atomic E-state index is 13.8. The average Bonchev–Trinajstić information content (AvgIpc) is 3.26. The van der Waals surface area contributed by atoms with Gasteiger partial charge in [-0.2, -0.15) is 18.3 Å². The van der Waals surface area contributed by atoms with Crippen molar-refractivity contribution in [2.75, 3.05) is 5.32 Å². The molecule has 0 aliphatic heterocycles. The van der Waals surface area contributed by atoms with Crippen LogP contribution in [-0.4, -0.2) is 26.6 Å². The topological polar surface area (TPSA) is 88.9 Å². The van der Waals surface area contributed by atoms with Crippen molar-refractivity contribution in [3.63, 3.8) is 0 Å². The van der Waals surface area contributed by atoms with Crippen molar-refractivity contribution >= 4 is 28.4 Å². The number of nitrogens with one attached hydrogen (secondary N) is 2. The van der Waals surface area contributed by atoms with Gasteiger partial charge in [0.25, 0.3) is 5.91 Å². The lowest BCUT2D eigenvalue weighted by atomic mass is 9.95. The van der Waals surface area contributed by atoms with E-state index in [1.54, 1.807) is 43.8 Å². The zero-order valence-corrected chi connectivity index (χ0v) is 21.7. The zero-order chi connectivity index (χ0) is 27.8. The molecule has 0 aliphatic carbocycles. The Morgan fingerprint density at radius 3 is 2.29 bits per heavy atom.